The molecule has 0 aromatic heterocycles. The summed E-state index contributed by atoms with van der Waals surface area (Å²) in [4.78, 5) is 12.7. The second-order valence-corrected chi connectivity index (χ2v) is 9.59. The molecule has 3 aromatic carbocycles. The molecule has 0 spiro atoms. The van der Waals surface area contributed by atoms with Crippen molar-refractivity contribution >= 4 is 22.0 Å². The Kier molecular flexibility index (Phi) is 5.66. The highest BCUT2D eigenvalue weighted by atomic mass is 32.2. The van der Waals surface area contributed by atoms with Gasteiger partial charge in [0.05, 0.1) is 10.8 Å². The van der Waals surface area contributed by atoms with Gasteiger partial charge >= 0.3 is 6.18 Å². The third kappa shape index (κ3) is 3.64. The number of rotatable bonds is 5. The lowest BCUT2D eigenvalue weighted by molar-refractivity contribution is -0.259. The van der Waals surface area contributed by atoms with Crippen LogP contribution in [0.3, 0.4) is 0 Å². The van der Waals surface area contributed by atoms with Crippen molar-refractivity contribution in [2.24, 2.45) is 5.92 Å². The van der Waals surface area contributed by atoms with Crippen LogP contribution in [-0.2, 0) is 20.4 Å². The van der Waals surface area contributed by atoms with Gasteiger partial charge in [0.2, 0.25) is 5.91 Å². The summed E-state index contributed by atoms with van der Waals surface area (Å²) in [5.74, 6) is -2.88. The van der Waals surface area contributed by atoms with Gasteiger partial charge in [-0.1, -0.05) is 90.5 Å². The first-order valence-corrected chi connectivity index (χ1v) is 11.6. The standard InChI is InChI=1S/C25H20F3NO3S/c1-18-12-15-21(16-13-18)33(31,32)29-23(30)22(17-14-19-8-4-2-5-9-19)24(29,25(26,27)28)20-10-6-3-7-11-20/h2-17,22H,1H3/b17-14+/t22-,24-/m1/s1. The lowest BCUT2D eigenvalue weighted by Crippen LogP contribution is -2.75. The highest BCUT2D eigenvalue weighted by Gasteiger charge is 2.77. The number of carbonyl (C=O) groups excluding carboxylic acids is 1. The SMILES string of the molecule is Cc1ccc(S(=O)(=O)N2C(=O)[C@@H](/C=C/c3ccccc3)[C@]2(c2ccccc2)C(F)(F)F)cc1. The van der Waals surface area contributed by atoms with Crippen molar-refractivity contribution in [2.45, 2.75) is 23.5 Å². The lowest BCUT2D eigenvalue weighted by Gasteiger charge is -2.55. The molecule has 0 bridgehead atoms. The number of benzene rings is 3. The highest BCUT2D eigenvalue weighted by molar-refractivity contribution is 7.89. The third-order valence-corrected chi connectivity index (χ3v) is 7.54. The lowest BCUT2D eigenvalue weighted by atomic mass is 9.69. The normalized spacial score (nSPS) is 21.3. The number of nitrogens with zero attached hydrogens (tertiary/aromatic N) is 1. The molecule has 1 amide bonds. The van der Waals surface area contributed by atoms with Crippen molar-refractivity contribution in [1.82, 2.24) is 4.31 Å². The fourth-order valence-electron chi connectivity index (χ4n) is 4.10. The number of sulfonamides is 1. The fourth-order valence-corrected chi connectivity index (χ4v) is 5.84. The summed E-state index contributed by atoms with van der Waals surface area (Å²) in [7, 11) is -4.79. The molecule has 1 fully saturated rings. The van der Waals surface area contributed by atoms with E-state index in [9.17, 15) is 26.4 Å². The van der Waals surface area contributed by atoms with Gasteiger partial charge in [0, 0.05) is 0 Å². The number of hydrogen-bond acceptors (Lipinski definition) is 3. The zero-order valence-electron chi connectivity index (χ0n) is 17.5. The molecule has 8 heteroatoms. The van der Waals surface area contributed by atoms with E-state index >= 15 is 0 Å². The minimum Gasteiger partial charge on any atom is -0.273 e. The molecule has 0 N–H and O–H groups in total. The third-order valence-electron chi connectivity index (χ3n) is 5.72. The molecule has 1 aliphatic rings. The quantitative estimate of drug-likeness (QED) is 0.474. The predicted molar refractivity (Wildman–Crippen MR) is 118 cm³/mol. The Morgan fingerprint density at radius 1 is 0.879 bits per heavy atom. The van der Waals surface area contributed by atoms with Crippen LogP contribution in [0, 0.1) is 12.8 Å². The maximum absolute atomic E-state index is 14.9. The van der Waals surface area contributed by atoms with Crippen LogP contribution >= 0.6 is 0 Å². The average molecular weight is 472 g/mol. The van der Waals surface area contributed by atoms with E-state index in [-0.39, 0.29) is 14.8 Å². The molecule has 0 radical (unpaired) electrons. The molecular weight excluding hydrogens is 451 g/mol. The van der Waals surface area contributed by atoms with E-state index in [1.165, 1.54) is 60.7 Å². The molecule has 2 atom stereocenters. The average Bonchev–Trinajstić information content (AvgIpc) is 2.77. The summed E-state index contributed by atoms with van der Waals surface area (Å²) in [5.41, 5.74) is -2.07. The predicted octanol–water partition coefficient (Wildman–Crippen LogP) is 5.31. The van der Waals surface area contributed by atoms with Gasteiger partial charge in [-0.05, 0) is 30.2 Å². The van der Waals surface area contributed by atoms with Crippen LogP contribution < -0.4 is 0 Å². The zero-order chi connectivity index (χ0) is 23.9. The maximum atomic E-state index is 14.9. The van der Waals surface area contributed by atoms with Crippen molar-refractivity contribution < 1.29 is 26.4 Å². The van der Waals surface area contributed by atoms with Gasteiger partial charge in [-0.3, -0.25) is 4.79 Å². The molecule has 1 aliphatic heterocycles. The van der Waals surface area contributed by atoms with Gasteiger partial charge in [-0.2, -0.15) is 13.2 Å². The van der Waals surface area contributed by atoms with E-state index in [1.54, 1.807) is 37.3 Å². The largest absolute Gasteiger partial charge is 0.418 e. The molecule has 0 aliphatic carbocycles. The van der Waals surface area contributed by atoms with Crippen molar-refractivity contribution in [1.29, 1.82) is 0 Å². The molecule has 3 aromatic rings. The minimum atomic E-state index is -5.08. The monoisotopic (exact) mass is 471 g/mol. The Hall–Kier alpha value is -3.39. The number of aryl methyl sites for hydroxylation is 1. The van der Waals surface area contributed by atoms with Crippen molar-refractivity contribution in [3.63, 3.8) is 0 Å². The van der Waals surface area contributed by atoms with Crippen LogP contribution in [0.1, 0.15) is 16.7 Å². The van der Waals surface area contributed by atoms with Gasteiger partial charge in [0.25, 0.3) is 10.0 Å². The Bertz CT molecular complexity index is 1290. The van der Waals surface area contributed by atoms with E-state index in [1.807, 2.05) is 0 Å². The summed E-state index contributed by atoms with van der Waals surface area (Å²) >= 11 is 0. The number of β-lactam (4-membered cyclic amide) rings is 1. The van der Waals surface area contributed by atoms with Crippen LogP contribution in [0.5, 0.6) is 0 Å². The summed E-state index contributed by atoms with van der Waals surface area (Å²) in [6.07, 6.45) is -2.53. The number of alkyl halides is 3. The minimum absolute atomic E-state index is 0. The van der Waals surface area contributed by atoms with E-state index in [0.29, 0.717) is 5.56 Å². The van der Waals surface area contributed by atoms with Crippen molar-refractivity contribution in [3.05, 3.63) is 108 Å². The molecule has 1 saturated heterocycles. The molecular formula is C25H20F3NO3S. The van der Waals surface area contributed by atoms with Crippen LogP contribution in [0.15, 0.2) is 95.9 Å². The fraction of sp³-hybridized carbons (Fsp3) is 0.160. The van der Waals surface area contributed by atoms with Gasteiger partial charge in [0.1, 0.15) is 0 Å². The summed E-state index contributed by atoms with van der Waals surface area (Å²) in [6.45, 7) is 1.72. The van der Waals surface area contributed by atoms with Gasteiger partial charge in [-0.25, -0.2) is 12.7 Å². The Morgan fingerprint density at radius 2 is 1.42 bits per heavy atom. The van der Waals surface area contributed by atoms with Gasteiger partial charge in [0.15, 0.2) is 5.54 Å². The second-order valence-electron chi connectivity index (χ2n) is 7.80. The Balaban J connectivity index is 1.92. The number of hydrogen-bond donors (Lipinski definition) is 0. The Morgan fingerprint density at radius 3 is 1.97 bits per heavy atom. The first kappa shape index (κ1) is 22.8. The van der Waals surface area contributed by atoms with E-state index in [0.717, 1.165) is 11.6 Å². The van der Waals surface area contributed by atoms with Crippen LogP contribution in [0.25, 0.3) is 6.08 Å². The molecule has 4 nitrogen and oxygen atoms in total. The molecule has 4 rings (SSSR count). The van der Waals surface area contributed by atoms with Crippen molar-refractivity contribution in [3.8, 4) is 0 Å². The van der Waals surface area contributed by atoms with Gasteiger partial charge in [-0.15, -0.1) is 0 Å². The summed E-state index contributed by atoms with van der Waals surface area (Å²) in [6, 6.07) is 20.6. The summed E-state index contributed by atoms with van der Waals surface area (Å²) < 4.78 is 71.3. The van der Waals surface area contributed by atoms with Crippen LogP contribution in [-0.4, -0.2) is 24.8 Å². The van der Waals surface area contributed by atoms with Gasteiger partial charge < -0.3 is 0 Å². The molecule has 33 heavy (non-hydrogen) atoms. The Labute approximate surface area is 190 Å². The number of halogens is 3. The molecule has 0 saturated carbocycles. The van der Waals surface area contributed by atoms with Crippen molar-refractivity contribution in [2.75, 3.05) is 0 Å². The van der Waals surface area contributed by atoms with E-state index in [4.69, 9.17) is 0 Å². The molecule has 0 unspecified atom stereocenters. The van der Waals surface area contributed by atoms with Crippen LogP contribution in [0.2, 0.25) is 0 Å². The van der Waals surface area contributed by atoms with E-state index < -0.39 is 33.6 Å². The topological polar surface area (TPSA) is 54.5 Å². The first-order chi connectivity index (χ1) is 15.6. The zero-order valence-corrected chi connectivity index (χ0v) is 18.3. The molecule has 170 valence electrons. The highest BCUT2D eigenvalue weighted by Crippen LogP contribution is 2.58. The number of carbonyl (C=O) groups is 1. The maximum Gasteiger partial charge on any atom is 0.418 e. The molecule has 1 heterocycles. The second kappa shape index (κ2) is 8.19. The van der Waals surface area contributed by atoms with Crippen LogP contribution in [0.4, 0.5) is 13.2 Å². The summed E-state index contributed by atoms with van der Waals surface area (Å²) in [5, 5.41) is 0. The first-order valence-electron chi connectivity index (χ1n) is 10.1. The smallest absolute Gasteiger partial charge is 0.273 e. The number of amides is 1. The van der Waals surface area contributed by atoms with E-state index in [2.05, 4.69) is 0 Å².